The van der Waals surface area contributed by atoms with Gasteiger partial charge in [0.2, 0.25) is 0 Å². The smallest absolute Gasteiger partial charge is 0.291 e. The number of amides is 1. The van der Waals surface area contributed by atoms with Gasteiger partial charge < -0.3 is 14.5 Å². The first-order chi connectivity index (χ1) is 12.7. The summed E-state index contributed by atoms with van der Waals surface area (Å²) in [5, 5.41) is 3.20. The van der Waals surface area contributed by atoms with E-state index in [9.17, 15) is 9.18 Å². The zero-order valence-electron chi connectivity index (χ0n) is 13.5. The van der Waals surface area contributed by atoms with E-state index in [4.69, 9.17) is 9.15 Å². The third kappa shape index (κ3) is 3.12. The number of rotatable bonds is 4. The second-order valence-electron chi connectivity index (χ2n) is 5.51. The first-order valence-corrected chi connectivity index (χ1v) is 7.87. The van der Waals surface area contributed by atoms with Crippen molar-refractivity contribution in [2.24, 2.45) is 0 Å². The molecule has 0 unspecified atom stereocenters. The minimum Gasteiger partial charge on any atom is -0.455 e. The van der Waals surface area contributed by atoms with Crippen molar-refractivity contribution in [1.29, 1.82) is 0 Å². The number of hydrogen-bond donors (Lipinski definition) is 1. The second kappa shape index (κ2) is 6.68. The highest BCUT2D eigenvalue weighted by atomic mass is 19.1. The lowest BCUT2D eigenvalue weighted by Gasteiger charge is -2.10. The molecule has 0 aliphatic rings. The Balaban J connectivity index is 1.60. The van der Waals surface area contributed by atoms with Crippen LogP contribution in [0.4, 0.5) is 10.1 Å². The van der Waals surface area contributed by atoms with Gasteiger partial charge in [0.15, 0.2) is 22.9 Å². The van der Waals surface area contributed by atoms with Crippen LogP contribution in [0, 0.1) is 5.82 Å². The first kappa shape index (κ1) is 15.8. The molecule has 4 rings (SSSR count). The normalized spacial score (nSPS) is 10.7. The minimum atomic E-state index is -0.522. The molecule has 0 radical (unpaired) electrons. The Morgan fingerprint density at radius 1 is 1.08 bits per heavy atom. The number of para-hydroxylation sites is 2. The Morgan fingerprint density at radius 2 is 1.92 bits per heavy atom. The molecule has 0 spiro atoms. The van der Waals surface area contributed by atoms with Gasteiger partial charge in [-0.3, -0.25) is 9.78 Å². The third-order valence-electron chi connectivity index (χ3n) is 3.72. The molecular weight excluding hydrogens is 335 g/mol. The highest BCUT2D eigenvalue weighted by molar-refractivity contribution is 6.05. The van der Waals surface area contributed by atoms with E-state index in [2.05, 4.69) is 10.3 Å². The summed E-state index contributed by atoms with van der Waals surface area (Å²) in [7, 11) is 0. The number of furan rings is 1. The number of carbonyl (C=O) groups is 1. The Bertz CT molecular complexity index is 1080. The molecule has 0 saturated carbocycles. The average molecular weight is 348 g/mol. The van der Waals surface area contributed by atoms with Crippen LogP contribution in [0.3, 0.4) is 0 Å². The van der Waals surface area contributed by atoms with E-state index >= 15 is 0 Å². The summed E-state index contributed by atoms with van der Waals surface area (Å²) in [6, 6.07) is 16.8. The van der Waals surface area contributed by atoms with Crippen LogP contribution >= 0.6 is 0 Å². The summed E-state index contributed by atoms with van der Waals surface area (Å²) < 4.78 is 24.9. The van der Waals surface area contributed by atoms with Crippen molar-refractivity contribution >= 4 is 22.6 Å². The van der Waals surface area contributed by atoms with Crippen molar-refractivity contribution in [3.63, 3.8) is 0 Å². The quantitative estimate of drug-likeness (QED) is 0.563. The van der Waals surface area contributed by atoms with E-state index in [1.54, 1.807) is 36.5 Å². The molecule has 0 aliphatic heterocycles. The number of anilines is 1. The maximum Gasteiger partial charge on any atom is 0.291 e. The molecule has 2 aromatic heterocycles. The van der Waals surface area contributed by atoms with E-state index in [0.717, 1.165) is 0 Å². The number of benzene rings is 2. The fourth-order valence-electron chi connectivity index (χ4n) is 2.50. The highest BCUT2D eigenvalue weighted by Crippen LogP contribution is 2.29. The van der Waals surface area contributed by atoms with Crippen molar-refractivity contribution in [1.82, 2.24) is 4.98 Å². The van der Waals surface area contributed by atoms with Gasteiger partial charge in [0.05, 0.1) is 6.20 Å². The van der Waals surface area contributed by atoms with E-state index in [1.165, 1.54) is 18.3 Å². The van der Waals surface area contributed by atoms with Crippen LogP contribution in [0.1, 0.15) is 10.6 Å². The van der Waals surface area contributed by atoms with Gasteiger partial charge in [0.1, 0.15) is 11.4 Å². The summed E-state index contributed by atoms with van der Waals surface area (Å²) in [5.41, 5.74) is 0.423. The Morgan fingerprint density at radius 3 is 2.73 bits per heavy atom. The summed E-state index contributed by atoms with van der Waals surface area (Å²) >= 11 is 0. The molecule has 0 saturated heterocycles. The van der Waals surface area contributed by atoms with E-state index in [1.807, 2.05) is 18.2 Å². The maximum atomic E-state index is 13.7. The SMILES string of the molecule is O=C(Nc1cnccc1Oc1ccccc1)c1cc2cccc(F)c2o1. The van der Waals surface area contributed by atoms with Gasteiger partial charge in [-0.25, -0.2) is 4.39 Å². The van der Waals surface area contributed by atoms with Gasteiger partial charge in [0, 0.05) is 17.6 Å². The minimum absolute atomic E-state index is 0.000357. The van der Waals surface area contributed by atoms with Gasteiger partial charge in [-0.1, -0.05) is 30.3 Å². The van der Waals surface area contributed by atoms with Gasteiger partial charge >= 0.3 is 0 Å². The molecule has 1 amide bonds. The van der Waals surface area contributed by atoms with Crippen LogP contribution in [0.2, 0.25) is 0 Å². The molecule has 0 atom stereocenters. The van der Waals surface area contributed by atoms with E-state index < -0.39 is 11.7 Å². The van der Waals surface area contributed by atoms with Crippen molar-refractivity contribution in [2.45, 2.75) is 0 Å². The molecular formula is C20H13FN2O3. The molecule has 0 bridgehead atoms. The molecule has 6 heteroatoms. The number of halogens is 1. The maximum absolute atomic E-state index is 13.7. The second-order valence-corrected chi connectivity index (χ2v) is 5.51. The number of hydrogen-bond acceptors (Lipinski definition) is 4. The molecule has 0 fully saturated rings. The monoisotopic (exact) mass is 348 g/mol. The number of pyridine rings is 1. The number of aromatic nitrogens is 1. The van der Waals surface area contributed by atoms with Crippen molar-refractivity contribution in [3.05, 3.63) is 84.6 Å². The fraction of sp³-hybridized carbons (Fsp3) is 0. The molecule has 0 aliphatic carbocycles. The largest absolute Gasteiger partial charge is 0.455 e. The number of nitrogens with zero attached hydrogens (tertiary/aromatic N) is 1. The molecule has 5 nitrogen and oxygen atoms in total. The molecule has 4 aromatic rings. The zero-order chi connectivity index (χ0) is 17.9. The number of fused-ring (bicyclic) bond motifs is 1. The number of nitrogens with one attached hydrogen (secondary N) is 1. The summed E-state index contributed by atoms with van der Waals surface area (Å²) in [4.78, 5) is 16.5. The first-order valence-electron chi connectivity index (χ1n) is 7.87. The predicted octanol–water partition coefficient (Wildman–Crippen LogP) is 5.01. The standard InChI is InChI=1S/C20H13FN2O3/c21-15-8-4-5-13-11-18(26-19(13)15)20(24)23-16-12-22-10-9-17(16)25-14-6-2-1-3-7-14/h1-12H,(H,23,24). The fourth-order valence-corrected chi connectivity index (χ4v) is 2.50. The molecule has 2 heterocycles. The van der Waals surface area contributed by atoms with E-state index in [-0.39, 0.29) is 11.3 Å². The van der Waals surface area contributed by atoms with Crippen molar-refractivity contribution in [3.8, 4) is 11.5 Å². The molecule has 26 heavy (non-hydrogen) atoms. The van der Waals surface area contributed by atoms with Crippen molar-refractivity contribution in [2.75, 3.05) is 5.32 Å². The van der Waals surface area contributed by atoms with Gasteiger partial charge in [-0.15, -0.1) is 0 Å². The van der Waals surface area contributed by atoms with Crippen LogP contribution in [0.25, 0.3) is 11.0 Å². The van der Waals surface area contributed by atoms with Crippen LogP contribution in [-0.2, 0) is 0 Å². The lowest BCUT2D eigenvalue weighted by molar-refractivity contribution is 0.0998. The summed E-state index contributed by atoms with van der Waals surface area (Å²) in [6.45, 7) is 0. The Labute approximate surface area is 148 Å². The lowest BCUT2D eigenvalue weighted by Crippen LogP contribution is -2.11. The lowest BCUT2D eigenvalue weighted by atomic mass is 10.2. The Kier molecular flexibility index (Phi) is 4.07. The van der Waals surface area contributed by atoms with Crippen LogP contribution in [0.5, 0.6) is 11.5 Å². The predicted molar refractivity (Wildman–Crippen MR) is 94.9 cm³/mol. The average Bonchev–Trinajstić information content (AvgIpc) is 3.10. The van der Waals surface area contributed by atoms with Crippen LogP contribution in [0.15, 0.2) is 77.5 Å². The number of carbonyl (C=O) groups excluding carboxylic acids is 1. The highest BCUT2D eigenvalue weighted by Gasteiger charge is 2.16. The van der Waals surface area contributed by atoms with Crippen molar-refractivity contribution < 1.29 is 18.3 Å². The molecule has 128 valence electrons. The van der Waals surface area contributed by atoms with Gasteiger partial charge in [-0.2, -0.15) is 0 Å². The van der Waals surface area contributed by atoms with Gasteiger partial charge in [0.25, 0.3) is 5.91 Å². The topological polar surface area (TPSA) is 64.4 Å². The summed E-state index contributed by atoms with van der Waals surface area (Å²) in [6.07, 6.45) is 3.03. The van der Waals surface area contributed by atoms with E-state index in [0.29, 0.717) is 22.6 Å². The number of ether oxygens (including phenoxy) is 1. The molecule has 2 aromatic carbocycles. The van der Waals surface area contributed by atoms with Crippen LogP contribution in [-0.4, -0.2) is 10.9 Å². The summed E-state index contributed by atoms with van der Waals surface area (Å²) in [5.74, 6) is 0.0176. The zero-order valence-corrected chi connectivity index (χ0v) is 13.5. The van der Waals surface area contributed by atoms with Gasteiger partial charge in [-0.05, 0) is 24.3 Å². The third-order valence-corrected chi connectivity index (χ3v) is 3.72. The Hall–Kier alpha value is -3.67. The van der Waals surface area contributed by atoms with Crippen LogP contribution < -0.4 is 10.1 Å². The molecule has 1 N–H and O–H groups in total.